The van der Waals surface area contributed by atoms with Crippen LogP contribution in [0.1, 0.15) is 28.9 Å². The van der Waals surface area contributed by atoms with Gasteiger partial charge < -0.3 is 9.84 Å². The van der Waals surface area contributed by atoms with Gasteiger partial charge in [-0.25, -0.2) is 8.78 Å². The van der Waals surface area contributed by atoms with Crippen LogP contribution in [0.5, 0.6) is 0 Å². The molecule has 0 spiro atoms. The first-order chi connectivity index (χ1) is 9.61. The second kappa shape index (κ2) is 4.70. The van der Waals surface area contributed by atoms with Crippen molar-refractivity contribution in [3.05, 3.63) is 53.4 Å². The van der Waals surface area contributed by atoms with E-state index in [1.54, 1.807) is 0 Å². The van der Waals surface area contributed by atoms with Crippen molar-refractivity contribution in [2.45, 2.75) is 18.3 Å². The van der Waals surface area contributed by atoms with Crippen LogP contribution in [0.2, 0.25) is 0 Å². The molecule has 6 heteroatoms. The van der Waals surface area contributed by atoms with E-state index in [-0.39, 0.29) is 11.6 Å². The van der Waals surface area contributed by atoms with Gasteiger partial charge in [-0.2, -0.15) is 0 Å². The number of carbonyl (C=O) groups is 1. The van der Waals surface area contributed by atoms with Gasteiger partial charge in [-0.1, -0.05) is 11.2 Å². The number of amides is 1. The third-order valence-electron chi connectivity index (χ3n) is 3.61. The molecule has 2 aromatic rings. The van der Waals surface area contributed by atoms with E-state index < -0.39 is 17.0 Å². The third kappa shape index (κ3) is 2.29. The van der Waals surface area contributed by atoms with E-state index in [0.717, 1.165) is 18.9 Å². The highest BCUT2D eigenvalue weighted by Crippen LogP contribution is 2.48. The first-order valence-electron chi connectivity index (χ1n) is 6.25. The standard InChI is InChI=1S/C14H12F2N2O2/c15-9-1-2-10(11(16)7-9)14(4-5-14)8-17-13(19)12-3-6-20-18-12/h1-3,6-7H,4-5,8H2,(H,17,19). The van der Waals surface area contributed by atoms with Crippen LogP contribution in [0.3, 0.4) is 0 Å². The average molecular weight is 278 g/mol. The van der Waals surface area contributed by atoms with Gasteiger partial charge in [0.2, 0.25) is 0 Å². The van der Waals surface area contributed by atoms with Gasteiger partial charge >= 0.3 is 0 Å². The first kappa shape index (κ1) is 12.8. The van der Waals surface area contributed by atoms with Crippen molar-refractivity contribution in [2.75, 3.05) is 6.54 Å². The number of carbonyl (C=O) groups excluding carboxylic acids is 1. The van der Waals surface area contributed by atoms with Crippen molar-refractivity contribution in [3.63, 3.8) is 0 Å². The summed E-state index contributed by atoms with van der Waals surface area (Å²) in [5.41, 5.74) is 0.191. The van der Waals surface area contributed by atoms with Crippen LogP contribution in [0.4, 0.5) is 8.78 Å². The number of hydrogen-bond acceptors (Lipinski definition) is 3. The van der Waals surface area contributed by atoms with E-state index in [2.05, 4.69) is 15.0 Å². The minimum Gasteiger partial charge on any atom is -0.364 e. The number of halogens is 2. The molecule has 1 aromatic carbocycles. The molecule has 4 nitrogen and oxygen atoms in total. The van der Waals surface area contributed by atoms with Gasteiger partial charge in [-0.3, -0.25) is 4.79 Å². The minimum absolute atomic E-state index is 0.181. The SMILES string of the molecule is O=C(NCC1(c2ccc(F)cc2F)CC1)c1ccon1. The summed E-state index contributed by atoms with van der Waals surface area (Å²) in [6.07, 6.45) is 2.82. The molecule has 1 N–H and O–H groups in total. The second-order valence-corrected chi connectivity index (χ2v) is 4.97. The summed E-state index contributed by atoms with van der Waals surface area (Å²) in [5, 5.41) is 6.23. The molecule has 1 amide bonds. The third-order valence-corrected chi connectivity index (χ3v) is 3.61. The molecule has 1 aliphatic carbocycles. The molecule has 0 bridgehead atoms. The van der Waals surface area contributed by atoms with Crippen molar-refractivity contribution in [1.29, 1.82) is 0 Å². The number of rotatable bonds is 4. The maximum Gasteiger partial charge on any atom is 0.273 e. The predicted octanol–water partition coefficient (Wildman–Crippen LogP) is 2.41. The van der Waals surface area contributed by atoms with Gasteiger partial charge in [0.05, 0.1) is 0 Å². The number of nitrogens with one attached hydrogen (secondary N) is 1. The maximum atomic E-state index is 13.8. The Morgan fingerprint density at radius 2 is 2.15 bits per heavy atom. The molecule has 1 heterocycles. The molecule has 1 fully saturated rings. The fourth-order valence-electron chi connectivity index (χ4n) is 2.28. The smallest absolute Gasteiger partial charge is 0.273 e. The molecule has 1 aromatic heterocycles. The molecule has 104 valence electrons. The number of benzene rings is 1. The van der Waals surface area contributed by atoms with Gasteiger partial charge in [0.25, 0.3) is 5.91 Å². The van der Waals surface area contributed by atoms with E-state index in [4.69, 9.17) is 0 Å². The largest absolute Gasteiger partial charge is 0.364 e. The first-order valence-corrected chi connectivity index (χ1v) is 6.25. The van der Waals surface area contributed by atoms with Crippen molar-refractivity contribution in [2.24, 2.45) is 0 Å². The van der Waals surface area contributed by atoms with Gasteiger partial charge in [0.1, 0.15) is 17.9 Å². The van der Waals surface area contributed by atoms with E-state index in [1.165, 1.54) is 24.5 Å². The summed E-state index contributed by atoms with van der Waals surface area (Å²) < 4.78 is 31.3. The second-order valence-electron chi connectivity index (χ2n) is 4.97. The Morgan fingerprint density at radius 3 is 2.75 bits per heavy atom. The molecule has 0 aliphatic heterocycles. The van der Waals surface area contributed by atoms with E-state index in [9.17, 15) is 13.6 Å². The zero-order valence-electron chi connectivity index (χ0n) is 10.5. The molecule has 3 rings (SSSR count). The molecule has 1 saturated carbocycles. The normalized spacial score (nSPS) is 15.9. The summed E-state index contributed by atoms with van der Waals surface area (Å²) in [6, 6.07) is 5.00. The highest BCUT2D eigenvalue weighted by Gasteiger charge is 2.46. The Hall–Kier alpha value is -2.24. The van der Waals surface area contributed by atoms with Crippen LogP contribution in [0.15, 0.2) is 35.1 Å². The lowest BCUT2D eigenvalue weighted by molar-refractivity contribution is 0.0940. The molecule has 0 unspecified atom stereocenters. The van der Waals surface area contributed by atoms with Crippen LogP contribution in [-0.4, -0.2) is 17.6 Å². The average Bonchev–Trinajstić information content (AvgIpc) is 2.99. The Labute approximate surface area is 113 Å². The molecule has 20 heavy (non-hydrogen) atoms. The summed E-state index contributed by atoms with van der Waals surface area (Å²) in [7, 11) is 0. The van der Waals surface area contributed by atoms with Crippen molar-refractivity contribution in [3.8, 4) is 0 Å². The van der Waals surface area contributed by atoms with E-state index >= 15 is 0 Å². The lowest BCUT2D eigenvalue weighted by Gasteiger charge is -2.17. The zero-order chi connectivity index (χ0) is 14.2. The van der Waals surface area contributed by atoms with E-state index in [0.29, 0.717) is 12.1 Å². The quantitative estimate of drug-likeness (QED) is 0.934. The van der Waals surface area contributed by atoms with Crippen LogP contribution in [0.25, 0.3) is 0 Å². The Bertz CT molecular complexity index is 637. The van der Waals surface area contributed by atoms with Crippen LogP contribution >= 0.6 is 0 Å². The summed E-state index contributed by atoms with van der Waals surface area (Å²) in [4.78, 5) is 11.8. The Kier molecular flexibility index (Phi) is 3.00. The van der Waals surface area contributed by atoms with Crippen molar-refractivity contribution < 1.29 is 18.1 Å². The summed E-state index contributed by atoms with van der Waals surface area (Å²) in [6.45, 7) is 0.293. The number of nitrogens with zero attached hydrogens (tertiary/aromatic N) is 1. The highest BCUT2D eigenvalue weighted by atomic mass is 19.1. The Morgan fingerprint density at radius 1 is 1.35 bits per heavy atom. The van der Waals surface area contributed by atoms with Crippen molar-refractivity contribution in [1.82, 2.24) is 10.5 Å². The predicted molar refractivity (Wildman–Crippen MR) is 66.1 cm³/mol. The maximum absolute atomic E-state index is 13.8. The highest BCUT2D eigenvalue weighted by molar-refractivity contribution is 5.92. The summed E-state index contributed by atoms with van der Waals surface area (Å²) >= 11 is 0. The fourth-order valence-corrected chi connectivity index (χ4v) is 2.28. The fraction of sp³-hybridized carbons (Fsp3) is 0.286. The van der Waals surface area contributed by atoms with Gasteiger partial charge in [-0.05, 0) is 24.5 Å². The molecule has 1 aliphatic rings. The van der Waals surface area contributed by atoms with Gasteiger partial charge in [0, 0.05) is 24.1 Å². The van der Waals surface area contributed by atoms with Gasteiger partial charge in [0.15, 0.2) is 5.69 Å². The molecular weight excluding hydrogens is 266 g/mol. The van der Waals surface area contributed by atoms with Crippen LogP contribution in [0, 0.1) is 11.6 Å². The molecule has 0 radical (unpaired) electrons. The molecule has 0 atom stereocenters. The Balaban J connectivity index is 1.72. The molecular formula is C14H12F2N2O2. The lowest BCUT2D eigenvalue weighted by Crippen LogP contribution is -2.32. The van der Waals surface area contributed by atoms with Crippen molar-refractivity contribution >= 4 is 5.91 Å². The monoisotopic (exact) mass is 278 g/mol. The topological polar surface area (TPSA) is 55.1 Å². The lowest BCUT2D eigenvalue weighted by atomic mass is 9.95. The van der Waals surface area contributed by atoms with E-state index in [1.807, 2.05) is 0 Å². The van der Waals surface area contributed by atoms with Crippen LogP contribution in [-0.2, 0) is 5.41 Å². The van der Waals surface area contributed by atoms with Gasteiger partial charge in [-0.15, -0.1) is 0 Å². The zero-order valence-corrected chi connectivity index (χ0v) is 10.5. The summed E-state index contributed by atoms with van der Waals surface area (Å²) in [5.74, 6) is -1.54. The van der Waals surface area contributed by atoms with Crippen LogP contribution < -0.4 is 5.32 Å². The minimum atomic E-state index is -0.603. The molecule has 0 saturated heterocycles. The number of hydrogen-bond donors (Lipinski definition) is 1. The number of aromatic nitrogens is 1.